The van der Waals surface area contributed by atoms with Gasteiger partial charge in [0.1, 0.15) is 18.5 Å². The van der Waals surface area contributed by atoms with Gasteiger partial charge in [0, 0.05) is 13.1 Å². The Kier molecular flexibility index (Phi) is 5.57. The van der Waals surface area contributed by atoms with Crippen LogP contribution in [0.4, 0.5) is 17.6 Å². The fraction of sp³-hybridized carbons (Fsp3) is 0.500. The van der Waals surface area contributed by atoms with Gasteiger partial charge in [0.25, 0.3) is 0 Å². The fourth-order valence-corrected chi connectivity index (χ4v) is 3.56. The Morgan fingerprint density at radius 3 is 2.36 bits per heavy atom. The van der Waals surface area contributed by atoms with Crippen LogP contribution in [0.1, 0.15) is 31.2 Å². The summed E-state index contributed by atoms with van der Waals surface area (Å²) in [5.41, 5.74) is 0.573. The van der Waals surface area contributed by atoms with Crippen molar-refractivity contribution in [1.29, 1.82) is 0 Å². The van der Waals surface area contributed by atoms with Crippen LogP contribution in [0.25, 0.3) is 0 Å². The van der Waals surface area contributed by atoms with E-state index < -0.39 is 29.5 Å². The van der Waals surface area contributed by atoms with Crippen molar-refractivity contribution in [2.75, 3.05) is 19.6 Å². The maximum absolute atomic E-state index is 13.1. The van der Waals surface area contributed by atoms with Crippen molar-refractivity contribution in [3.63, 3.8) is 0 Å². The van der Waals surface area contributed by atoms with E-state index in [-0.39, 0.29) is 17.6 Å². The molecule has 1 aromatic rings. The predicted molar refractivity (Wildman–Crippen MR) is 94.7 cm³/mol. The normalized spacial score (nSPS) is 21.4. The van der Waals surface area contributed by atoms with Gasteiger partial charge in [0.2, 0.25) is 5.84 Å². The Balaban J connectivity index is 1.72. The molecule has 1 unspecified atom stereocenters. The van der Waals surface area contributed by atoms with Crippen molar-refractivity contribution in [1.82, 2.24) is 9.80 Å². The maximum Gasteiger partial charge on any atom is 0.405 e. The fourth-order valence-electron chi connectivity index (χ4n) is 3.56. The number of halogens is 4. The molecule has 0 amide bonds. The van der Waals surface area contributed by atoms with Crippen molar-refractivity contribution in [2.24, 2.45) is 4.99 Å². The first-order valence-electron chi connectivity index (χ1n) is 8.91. The number of nitro groups is 1. The summed E-state index contributed by atoms with van der Waals surface area (Å²) in [6.07, 6.45) is -3.01. The van der Waals surface area contributed by atoms with Crippen molar-refractivity contribution >= 4 is 5.84 Å². The molecule has 1 atom stereocenters. The number of benzene rings is 1. The maximum atomic E-state index is 13.1. The highest BCUT2D eigenvalue weighted by molar-refractivity contribution is 5.96. The zero-order chi connectivity index (χ0) is 20.5. The first-order chi connectivity index (χ1) is 13.1. The summed E-state index contributed by atoms with van der Waals surface area (Å²) in [4.78, 5) is 17.5. The highest BCUT2D eigenvalue weighted by Crippen LogP contribution is 2.30. The van der Waals surface area contributed by atoms with E-state index in [1.54, 1.807) is 17.0 Å². The number of amidine groups is 1. The zero-order valence-corrected chi connectivity index (χ0v) is 15.2. The van der Waals surface area contributed by atoms with Crippen LogP contribution in [0.3, 0.4) is 0 Å². The second kappa shape index (κ2) is 7.76. The number of hydrogen-bond acceptors (Lipinski definition) is 5. The molecule has 0 aromatic heterocycles. The van der Waals surface area contributed by atoms with E-state index >= 15 is 0 Å². The summed E-state index contributed by atoms with van der Waals surface area (Å²) in [5.74, 6) is 0.00705. The van der Waals surface area contributed by atoms with Gasteiger partial charge in [-0.3, -0.25) is 10.1 Å². The molecule has 2 heterocycles. The van der Waals surface area contributed by atoms with Gasteiger partial charge < -0.3 is 9.80 Å². The summed E-state index contributed by atoms with van der Waals surface area (Å²) >= 11 is 0. The Bertz CT molecular complexity index is 784. The van der Waals surface area contributed by atoms with Crippen LogP contribution in [0, 0.1) is 15.9 Å². The topological polar surface area (TPSA) is 62.0 Å². The first-order valence-corrected chi connectivity index (χ1v) is 8.91. The third-order valence-corrected chi connectivity index (χ3v) is 5.00. The van der Waals surface area contributed by atoms with Gasteiger partial charge >= 0.3 is 11.9 Å². The van der Waals surface area contributed by atoms with Crippen molar-refractivity contribution < 1.29 is 22.5 Å². The van der Waals surface area contributed by atoms with Crippen LogP contribution in [0.2, 0.25) is 0 Å². The minimum Gasteiger partial charge on any atom is -0.351 e. The highest BCUT2D eigenvalue weighted by Gasteiger charge is 2.38. The molecular weight excluding hydrogens is 380 g/mol. The summed E-state index contributed by atoms with van der Waals surface area (Å²) in [6.45, 7) is 1.15. The van der Waals surface area contributed by atoms with Gasteiger partial charge in [-0.15, -0.1) is 0 Å². The van der Waals surface area contributed by atoms with Crippen molar-refractivity contribution in [3.8, 4) is 0 Å². The number of rotatable bonds is 3. The minimum atomic E-state index is -4.48. The molecule has 1 aromatic carbocycles. The van der Waals surface area contributed by atoms with E-state index in [4.69, 9.17) is 0 Å². The Labute approximate surface area is 159 Å². The third-order valence-electron chi connectivity index (χ3n) is 5.00. The first kappa shape index (κ1) is 20.1. The lowest BCUT2D eigenvalue weighted by Gasteiger charge is -2.36. The van der Waals surface area contributed by atoms with E-state index in [2.05, 4.69) is 4.99 Å². The molecule has 0 saturated carbocycles. The Morgan fingerprint density at radius 1 is 1.21 bits per heavy atom. The van der Waals surface area contributed by atoms with Gasteiger partial charge in [-0.2, -0.15) is 13.2 Å². The van der Waals surface area contributed by atoms with Crippen molar-refractivity contribution in [3.05, 3.63) is 57.7 Å². The summed E-state index contributed by atoms with van der Waals surface area (Å²) in [5, 5.41) is 11.4. The Morgan fingerprint density at radius 2 is 1.82 bits per heavy atom. The molecule has 3 rings (SSSR count). The second-order valence-corrected chi connectivity index (χ2v) is 6.96. The van der Waals surface area contributed by atoms with Gasteiger partial charge in [0.15, 0.2) is 0 Å². The highest BCUT2D eigenvalue weighted by atomic mass is 19.4. The number of hydrogen-bond donors (Lipinski definition) is 0. The number of alkyl halides is 3. The van der Waals surface area contributed by atoms with Gasteiger partial charge in [-0.05, 0) is 43.4 Å². The van der Waals surface area contributed by atoms with Gasteiger partial charge in [-0.25, -0.2) is 9.38 Å². The SMILES string of the molecule is CC1N=C(N2CCC(c3ccc(F)cc3)CC2)C([N+](=O)[O-])=CN1CC(F)(F)F. The molecule has 0 bridgehead atoms. The zero-order valence-electron chi connectivity index (χ0n) is 15.2. The molecule has 0 radical (unpaired) electrons. The van der Waals surface area contributed by atoms with Crippen LogP contribution in [0.15, 0.2) is 41.2 Å². The molecule has 28 heavy (non-hydrogen) atoms. The second-order valence-electron chi connectivity index (χ2n) is 6.96. The van der Waals surface area contributed by atoms with Crippen LogP contribution >= 0.6 is 0 Å². The van der Waals surface area contributed by atoms with Crippen LogP contribution < -0.4 is 0 Å². The van der Waals surface area contributed by atoms with E-state index in [0.29, 0.717) is 25.9 Å². The van der Waals surface area contributed by atoms with Crippen LogP contribution in [-0.2, 0) is 0 Å². The third kappa shape index (κ3) is 4.60. The monoisotopic (exact) mass is 400 g/mol. The van der Waals surface area contributed by atoms with E-state index in [1.165, 1.54) is 19.1 Å². The average molecular weight is 400 g/mol. The Hall–Kier alpha value is -2.65. The largest absolute Gasteiger partial charge is 0.405 e. The molecule has 2 aliphatic heterocycles. The lowest BCUT2D eigenvalue weighted by Crippen LogP contribution is -2.46. The van der Waals surface area contributed by atoms with E-state index in [9.17, 15) is 27.7 Å². The lowest BCUT2D eigenvalue weighted by molar-refractivity contribution is -0.417. The molecule has 0 aliphatic carbocycles. The molecule has 10 heteroatoms. The molecule has 0 N–H and O–H groups in total. The molecule has 2 aliphatic rings. The van der Waals surface area contributed by atoms with Gasteiger partial charge in [-0.1, -0.05) is 12.1 Å². The quantitative estimate of drug-likeness (QED) is 0.441. The van der Waals surface area contributed by atoms with Gasteiger partial charge in [0.05, 0.1) is 11.1 Å². The summed E-state index contributed by atoms with van der Waals surface area (Å²) in [6, 6.07) is 6.26. The molecule has 152 valence electrons. The number of aliphatic imine (C=N–C) groups is 1. The lowest BCUT2D eigenvalue weighted by atomic mass is 9.89. The van der Waals surface area contributed by atoms with E-state index in [1.807, 2.05) is 0 Å². The smallest absolute Gasteiger partial charge is 0.351 e. The number of likely N-dealkylation sites (tertiary alicyclic amines) is 1. The average Bonchev–Trinajstić information content (AvgIpc) is 2.63. The van der Waals surface area contributed by atoms with E-state index in [0.717, 1.165) is 16.7 Å². The van der Waals surface area contributed by atoms with Crippen molar-refractivity contribution in [2.45, 2.75) is 38.0 Å². The predicted octanol–water partition coefficient (Wildman–Crippen LogP) is 3.75. The number of nitrogens with zero attached hydrogens (tertiary/aromatic N) is 4. The van der Waals surface area contributed by atoms with Crippen LogP contribution in [-0.4, -0.2) is 52.5 Å². The molecule has 1 saturated heterocycles. The molecule has 1 fully saturated rings. The molecular formula is C18H20F4N4O2. The summed E-state index contributed by atoms with van der Waals surface area (Å²) < 4.78 is 51.2. The standard InChI is InChI=1S/C18H20F4N4O2/c1-12-23-17(16(26(27)28)10-25(12)11-18(20,21)22)24-8-6-14(7-9-24)13-2-4-15(19)5-3-13/h2-5,10,12,14H,6-9,11H2,1H3. The molecule has 0 spiro atoms. The summed E-state index contributed by atoms with van der Waals surface area (Å²) in [7, 11) is 0. The molecule has 6 nitrogen and oxygen atoms in total. The van der Waals surface area contributed by atoms with Crippen LogP contribution in [0.5, 0.6) is 0 Å². The number of piperidine rings is 1. The minimum absolute atomic E-state index is 0.119.